The summed E-state index contributed by atoms with van der Waals surface area (Å²) in [6.07, 6.45) is 2.82. The van der Waals surface area contributed by atoms with Gasteiger partial charge in [0.05, 0.1) is 10.6 Å². The summed E-state index contributed by atoms with van der Waals surface area (Å²) in [4.78, 5) is 0.320. The van der Waals surface area contributed by atoms with Crippen LogP contribution in [0.25, 0.3) is 0 Å². The van der Waals surface area contributed by atoms with Crippen molar-refractivity contribution in [3.05, 3.63) is 24.3 Å². The Morgan fingerprint density at radius 2 is 1.86 bits per heavy atom. The quantitative estimate of drug-likeness (QED) is 0.855. The average Bonchev–Trinajstić information content (AvgIpc) is 2.52. The van der Waals surface area contributed by atoms with Gasteiger partial charge in [0.15, 0.2) is 16.4 Å². The van der Waals surface area contributed by atoms with E-state index in [0.717, 1.165) is 32.4 Å². The number of hydrogen-bond donors (Lipinski definition) is 1. The van der Waals surface area contributed by atoms with Crippen LogP contribution >= 0.6 is 12.4 Å². The van der Waals surface area contributed by atoms with Gasteiger partial charge in [-0.05, 0) is 62.5 Å². The molecule has 0 saturated carbocycles. The Hall–Kier alpha value is -1.29. The zero-order chi connectivity index (χ0) is 15.1. The number of nitrogens with one attached hydrogen (secondary N) is 1. The highest BCUT2D eigenvalue weighted by molar-refractivity contribution is 7.91. The minimum absolute atomic E-state index is 0. The van der Waals surface area contributed by atoms with Crippen LogP contribution < -0.4 is 10.1 Å². The predicted molar refractivity (Wildman–Crippen MR) is 87.1 cm³/mol. The molecule has 0 aromatic heterocycles. The summed E-state index contributed by atoms with van der Waals surface area (Å²) in [6, 6.07) is 8.15. The third kappa shape index (κ3) is 5.48. The fourth-order valence-corrected chi connectivity index (χ4v) is 3.90. The van der Waals surface area contributed by atoms with Crippen LogP contribution in [0, 0.1) is 17.2 Å². The number of rotatable bonds is 6. The molecule has 1 fully saturated rings. The van der Waals surface area contributed by atoms with E-state index in [2.05, 4.69) is 5.32 Å². The van der Waals surface area contributed by atoms with Gasteiger partial charge in [-0.3, -0.25) is 0 Å². The van der Waals surface area contributed by atoms with Crippen molar-refractivity contribution >= 4 is 22.2 Å². The molecule has 0 unspecified atom stereocenters. The minimum Gasteiger partial charge on any atom is -0.479 e. The Labute approximate surface area is 138 Å². The second-order valence-electron chi connectivity index (χ2n) is 5.22. The van der Waals surface area contributed by atoms with E-state index < -0.39 is 9.84 Å². The second kappa shape index (κ2) is 8.99. The summed E-state index contributed by atoms with van der Waals surface area (Å²) in [5.74, 6) is 1.20. The first-order chi connectivity index (χ1) is 10.1. The Balaban J connectivity index is 0.00000242. The molecule has 1 aliphatic heterocycles. The maximum Gasteiger partial charge on any atom is 0.178 e. The number of nitriles is 1. The van der Waals surface area contributed by atoms with Gasteiger partial charge in [0.2, 0.25) is 0 Å². The van der Waals surface area contributed by atoms with Gasteiger partial charge in [-0.2, -0.15) is 5.26 Å². The van der Waals surface area contributed by atoms with Crippen LogP contribution in [-0.2, 0) is 9.84 Å². The van der Waals surface area contributed by atoms with E-state index in [0.29, 0.717) is 16.6 Å². The molecule has 122 valence electrons. The van der Waals surface area contributed by atoms with Crippen LogP contribution in [0.4, 0.5) is 0 Å². The Bertz CT molecular complexity index is 590. The SMILES string of the molecule is Cl.N#CCOc1ccc(S(=O)(=O)CCC2CCNCC2)cc1. The monoisotopic (exact) mass is 344 g/mol. The van der Waals surface area contributed by atoms with Crippen molar-refractivity contribution in [1.82, 2.24) is 5.32 Å². The van der Waals surface area contributed by atoms with E-state index in [1.54, 1.807) is 24.3 Å². The molecule has 0 spiro atoms. The first-order valence-electron chi connectivity index (χ1n) is 7.15. The fraction of sp³-hybridized carbons (Fsp3) is 0.533. The van der Waals surface area contributed by atoms with Crippen LogP contribution in [0.15, 0.2) is 29.2 Å². The molecule has 1 saturated heterocycles. The van der Waals surface area contributed by atoms with Gasteiger partial charge in [0.1, 0.15) is 11.8 Å². The normalized spacial score (nSPS) is 15.6. The predicted octanol–water partition coefficient (Wildman–Crippen LogP) is 2.17. The lowest BCUT2D eigenvalue weighted by atomic mass is 9.96. The van der Waals surface area contributed by atoms with Crippen molar-refractivity contribution in [2.24, 2.45) is 5.92 Å². The highest BCUT2D eigenvalue weighted by Gasteiger charge is 2.19. The third-order valence-corrected chi connectivity index (χ3v) is 5.50. The van der Waals surface area contributed by atoms with E-state index in [1.807, 2.05) is 6.07 Å². The number of piperidine rings is 1. The first kappa shape index (κ1) is 18.8. The van der Waals surface area contributed by atoms with Crippen molar-refractivity contribution < 1.29 is 13.2 Å². The van der Waals surface area contributed by atoms with Gasteiger partial charge in [0.25, 0.3) is 0 Å². The number of ether oxygens (including phenoxy) is 1. The summed E-state index contributed by atoms with van der Waals surface area (Å²) in [7, 11) is -3.24. The molecule has 1 heterocycles. The average molecular weight is 345 g/mol. The van der Waals surface area contributed by atoms with Gasteiger partial charge >= 0.3 is 0 Å². The number of halogens is 1. The molecule has 7 heteroatoms. The van der Waals surface area contributed by atoms with E-state index in [9.17, 15) is 8.42 Å². The summed E-state index contributed by atoms with van der Waals surface area (Å²) < 4.78 is 29.7. The Kier molecular flexibility index (Phi) is 7.66. The van der Waals surface area contributed by atoms with Crippen LogP contribution in [0.3, 0.4) is 0 Å². The van der Waals surface area contributed by atoms with Gasteiger partial charge in [-0.25, -0.2) is 8.42 Å². The molecule has 22 heavy (non-hydrogen) atoms. The molecule has 0 radical (unpaired) electrons. The number of sulfone groups is 1. The van der Waals surface area contributed by atoms with E-state index >= 15 is 0 Å². The van der Waals surface area contributed by atoms with Crippen LogP contribution in [0.1, 0.15) is 19.3 Å². The van der Waals surface area contributed by atoms with Gasteiger partial charge < -0.3 is 10.1 Å². The van der Waals surface area contributed by atoms with Gasteiger partial charge in [-0.15, -0.1) is 12.4 Å². The smallest absolute Gasteiger partial charge is 0.178 e. The highest BCUT2D eigenvalue weighted by Crippen LogP contribution is 2.21. The topological polar surface area (TPSA) is 79.2 Å². The molecule has 1 aromatic rings. The minimum atomic E-state index is -3.24. The molecule has 2 rings (SSSR count). The summed E-state index contributed by atoms with van der Waals surface area (Å²) >= 11 is 0. The maximum absolute atomic E-state index is 12.3. The molecular formula is C15H21ClN2O3S. The Morgan fingerprint density at radius 3 is 2.45 bits per heavy atom. The Morgan fingerprint density at radius 1 is 1.23 bits per heavy atom. The largest absolute Gasteiger partial charge is 0.479 e. The molecule has 1 aliphatic rings. The fourth-order valence-electron chi connectivity index (χ4n) is 2.47. The van der Waals surface area contributed by atoms with E-state index in [4.69, 9.17) is 10.00 Å². The molecule has 0 aliphatic carbocycles. The van der Waals surface area contributed by atoms with Crippen molar-refractivity contribution in [2.45, 2.75) is 24.2 Å². The molecule has 1 N–H and O–H groups in total. The van der Waals surface area contributed by atoms with Crippen molar-refractivity contribution in [2.75, 3.05) is 25.4 Å². The molecule has 0 bridgehead atoms. The molecular weight excluding hydrogens is 324 g/mol. The van der Waals surface area contributed by atoms with Crippen molar-refractivity contribution in [3.63, 3.8) is 0 Å². The maximum atomic E-state index is 12.3. The molecule has 5 nitrogen and oxygen atoms in total. The van der Waals surface area contributed by atoms with E-state index in [-0.39, 0.29) is 24.8 Å². The third-order valence-electron chi connectivity index (χ3n) is 3.74. The molecule has 0 atom stereocenters. The van der Waals surface area contributed by atoms with Crippen LogP contribution in [0.5, 0.6) is 5.75 Å². The summed E-state index contributed by atoms with van der Waals surface area (Å²) in [5.41, 5.74) is 0. The number of benzene rings is 1. The zero-order valence-corrected chi connectivity index (χ0v) is 14.0. The first-order valence-corrected chi connectivity index (χ1v) is 8.80. The van der Waals surface area contributed by atoms with Crippen molar-refractivity contribution in [1.29, 1.82) is 5.26 Å². The zero-order valence-electron chi connectivity index (χ0n) is 12.3. The number of hydrogen-bond acceptors (Lipinski definition) is 5. The number of nitrogens with zero attached hydrogens (tertiary/aromatic N) is 1. The van der Waals surface area contributed by atoms with Crippen LogP contribution in [-0.4, -0.2) is 33.9 Å². The molecule has 1 aromatic carbocycles. The van der Waals surface area contributed by atoms with Gasteiger partial charge in [0, 0.05) is 0 Å². The lowest BCUT2D eigenvalue weighted by Gasteiger charge is -2.22. The van der Waals surface area contributed by atoms with Gasteiger partial charge in [-0.1, -0.05) is 0 Å². The lowest BCUT2D eigenvalue weighted by molar-refractivity contribution is 0.365. The lowest BCUT2D eigenvalue weighted by Crippen LogP contribution is -2.28. The van der Waals surface area contributed by atoms with E-state index in [1.165, 1.54) is 0 Å². The summed E-state index contributed by atoms with van der Waals surface area (Å²) in [5, 5.41) is 11.7. The standard InChI is InChI=1S/C15H20N2O3S.ClH/c16-8-11-20-14-1-3-15(4-2-14)21(18,19)12-7-13-5-9-17-10-6-13;/h1-4,13,17H,5-7,9-12H2;1H. The van der Waals surface area contributed by atoms with Crippen LogP contribution in [0.2, 0.25) is 0 Å². The second-order valence-corrected chi connectivity index (χ2v) is 7.33. The highest BCUT2D eigenvalue weighted by atomic mass is 35.5. The van der Waals surface area contributed by atoms with Crippen molar-refractivity contribution in [3.8, 4) is 11.8 Å². The summed E-state index contributed by atoms with van der Waals surface area (Å²) in [6.45, 7) is 1.92. The molecule has 0 amide bonds.